The maximum absolute atomic E-state index is 12.3. The van der Waals surface area contributed by atoms with Gasteiger partial charge in [0, 0.05) is 6.54 Å². The van der Waals surface area contributed by atoms with Crippen LogP contribution in [0.2, 0.25) is 0 Å². The lowest BCUT2D eigenvalue weighted by Gasteiger charge is -2.19. The van der Waals surface area contributed by atoms with Gasteiger partial charge in [-0.1, -0.05) is 45.0 Å². The first kappa shape index (κ1) is 25.2. The molecule has 1 N–H and O–H groups in total. The van der Waals surface area contributed by atoms with Gasteiger partial charge in [-0.05, 0) is 46.9 Å². The Kier molecular flexibility index (Phi) is 8.81. The molecule has 0 saturated heterocycles. The van der Waals surface area contributed by atoms with Crippen molar-refractivity contribution in [2.75, 3.05) is 20.3 Å². The highest BCUT2D eigenvalue weighted by atomic mass is 16.6. The predicted molar refractivity (Wildman–Crippen MR) is 126 cm³/mol. The summed E-state index contributed by atoms with van der Waals surface area (Å²) >= 11 is 0. The zero-order chi connectivity index (χ0) is 24.4. The summed E-state index contributed by atoms with van der Waals surface area (Å²) in [5.41, 5.74) is 1.65. The van der Waals surface area contributed by atoms with Crippen molar-refractivity contribution in [2.45, 2.75) is 26.2 Å². The van der Waals surface area contributed by atoms with Crippen molar-refractivity contribution in [3.8, 4) is 23.3 Å². The number of esters is 1. The van der Waals surface area contributed by atoms with Gasteiger partial charge >= 0.3 is 5.97 Å². The molecule has 1 amide bonds. The monoisotopic (exact) mass is 448 g/mol. The van der Waals surface area contributed by atoms with Crippen LogP contribution in [0.1, 0.15) is 31.9 Å². The lowest BCUT2D eigenvalue weighted by Crippen LogP contribution is -2.24. The third-order valence-corrected chi connectivity index (χ3v) is 4.57. The molecule has 2 rings (SSSR count). The fourth-order valence-corrected chi connectivity index (χ4v) is 2.78. The predicted octanol–water partition coefficient (Wildman–Crippen LogP) is 4.19. The van der Waals surface area contributed by atoms with E-state index >= 15 is 0 Å². The van der Waals surface area contributed by atoms with E-state index in [-0.39, 0.29) is 35.6 Å². The second-order valence-electron chi connectivity index (χ2n) is 8.12. The molecule has 0 fully saturated rings. The Morgan fingerprint density at radius 2 is 1.82 bits per heavy atom. The maximum Gasteiger partial charge on any atom is 0.349 e. The average Bonchev–Trinajstić information content (AvgIpc) is 2.80. The topological polar surface area (TPSA) is 97.7 Å². The van der Waals surface area contributed by atoms with Gasteiger partial charge in [0.05, 0.1) is 7.11 Å². The minimum Gasteiger partial charge on any atom is -0.493 e. The summed E-state index contributed by atoms with van der Waals surface area (Å²) in [6.07, 6.45) is 2.93. The van der Waals surface area contributed by atoms with Crippen molar-refractivity contribution in [2.24, 2.45) is 0 Å². The first-order valence-electron chi connectivity index (χ1n) is 10.3. The van der Waals surface area contributed by atoms with Crippen molar-refractivity contribution >= 4 is 18.0 Å². The lowest BCUT2D eigenvalue weighted by molar-refractivity contribution is -0.136. The van der Waals surface area contributed by atoms with Crippen LogP contribution in [0.4, 0.5) is 0 Å². The number of nitrogens with one attached hydrogen (secondary N) is 1. The highest BCUT2D eigenvalue weighted by Crippen LogP contribution is 2.29. The molecular weight excluding hydrogens is 420 g/mol. The van der Waals surface area contributed by atoms with Gasteiger partial charge in [0.2, 0.25) is 0 Å². The van der Waals surface area contributed by atoms with Gasteiger partial charge in [0.1, 0.15) is 17.4 Å². The van der Waals surface area contributed by atoms with E-state index in [1.54, 1.807) is 12.1 Å². The van der Waals surface area contributed by atoms with Crippen molar-refractivity contribution in [1.29, 1.82) is 5.26 Å². The third-order valence-electron chi connectivity index (χ3n) is 4.57. The summed E-state index contributed by atoms with van der Waals surface area (Å²) in [7, 11) is 1.43. The molecule has 0 aromatic heterocycles. The summed E-state index contributed by atoms with van der Waals surface area (Å²) in [6, 6.07) is 14.1. The first-order chi connectivity index (χ1) is 15.7. The molecule has 0 aliphatic rings. The minimum atomic E-state index is -0.599. The normalized spacial score (nSPS) is 11.2. The van der Waals surface area contributed by atoms with Crippen LogP contribution in [0, 0.1) is 11.3 Å². The molecule has 0 bridgehead atoms. The number of hydrogen-bond donors (Lipinski definition) is 1. The molecule has 2 aromatic carbocycles. The Bertz CT molecular complexity index is 1070. The fourth-order valence-electron chi connectivity index (χ4n) is 2.78. The molecule has 172 valence electrons. The summed E-state index contributed by atoms with van der Waals surface area (Å²) in [5.74, 6) is -0.0833. The van der Waals surface area contributed by atoms with Crippen molar-refractivity contribution in [3.05, 3.63) is 71.8 Å². The van der Waals surface area contributed by atoms with Gasteiger partial charge in [0.15, 0.2) is 18.1 Å². The van der Waals surface area contributed by atoms with E-state index in [2.05, 4.69) is 32.7 Å². The second kappa shape index (κ2) is 11.5. The van der Waals surface area contributed by atoms with Crippen LogP contribution in [-0.2, 0) is 15.0 Å². The van der Waals surface area contributed by atoms with E-state index in [1.807, 2.05) is 30.3 Å². The number of nitrogens with zero attached hydrogens (tertiary/aromatic N) is 1. The van der Waals surface area contributed by atoms with E-state index < -0.39 is 11.9 Å². The second-order valence-corrected chi connectivity index (χ2v) is 8.12. The molecule has 7 nitrogen and oxygen atoms in total. The van der Waals surface area contributed by atoms with Crippen LogP contribution in [0.3, 0.4) is 0 Å². The van der Waals surface area contributed by atoms with E-state index in [0.717, 1.165) is 5.56 Å². The summed E-state index contributed by atoms with van der Waals surface area (Å²) in [5, 5.41) is 11.8. The molecular formula is C26H28N2O5. The van der Waals surface area contributed by atoms with Crippen LogP contribution in [0.5, 0.6) is 17.2 Å². The van der Waals surface area contributed by atoms with Crippen LogP contribution in [-0.4, -0.2) is 32.1 Å². The number of benzene rings is 2. The fraction of sp³-hybridized carbons (Fsp3) is 0.269. The van der Waals surface area contributed by atoms with Crippen LogP contribution in [0.25, 0.3) is 6.08 Å². The minimum absolute atomic E-state index is 0.0265. The molecule has 0 heterocycles. The summed E-state index contributed by atoms with van der Waals surface area (Å²) < 4.78 is 16.2. The zero-order valence-electron chi connectivity index (χ0n) is 19.3. The quantitative estimate of drug-likeness (QED) is 0.203. The van der Waals surface area contributed by atoms with E-state index in [4.69, 9.17) is 14.2 Å². The number of carbonyl (C=O) groups is 2. The van der Waals surface area contributed by atoms with Crippen molar-refractivity contribution in [1.82, 2.24) is 5.32 Å². The van der Waals surface area contributed by atoms with Gasteiger partial charge in [-0.2, -0.15) is 5.26 Å². The Labute approximate surface area is 194 Å². The highest BCUT2D eigenvalue weighted by Gasteiger charge is 2.15. The number of methoxy groups -OCH3 is 1. The van der Waals surface area contributed by atoms with Crippen molar-refractivity contribution in [3.63, 3.8) is 0 Å². The number of hydrogen-bond acceptors (Lipinski definition) is 6. The molecule has 7 heteroatoms. The highest BCUT2D eigenvalue weighted by molar-refractivity contribution is 6.01. The number of amides is 1. The van der Waals surface area contributed by atoms with Crippen LogP contribution < -0.4 is 19.5 Å². The molecule has 0 atom stereocenters. The Hall–Kier alpha value is -4.05. The number of rotatable bonds is 9. The molecule has 33 heavy (non-hydrogen) atoms. The molecule has 0 saturated carbocycles. The van der Waals surface area contributed by atoms with Crippen molar-refractivity contribution < 1.29 is 23.8 Å². The van der Waals surface area contributed by atoms with Crippen LogP contribution in [0.15, 0.2) is 60.7 Å². The largest absolute Gasteiger partial charge is 0.493 e. The smallest absolute Gasteiger partial charge is 0.349 e. The number of ether oxygens (including phenoxy) is 3. The Morgan fingerprint density at radius 3 is 2.39 bits per heavy atom. The number of carbonyl (C=O) groups excluding carboxylic acids is 2. The van der Waals surface area contributed by atoms with Crippen LogP contribution >= 0.6 is 0 Å². The number of nitriles is 1. The first-order valence-corrected chi connectivity index (χ1v) is 10.3. The van der Waals surface area contributed by atoms with Gasteiger partial charge in [-0.15, -0.1) is 6.58 Å². The summed E-state index contributed by atoms with van der Waals surface area (Å²) in [4.78, 5) is 24.3. The molecule has 0 radical (unpaired) electrons. The maximum atomic E-state index is 12.3. The molecule has 0 aliphatic carbocycles. The Morgan fingerprint density at radius 1 is 1.12 bits per heavy atom. The zero-order valence-corrected chi connectivity index (χ0v) is 19.3. The lowest BCUT2D eigenvalue weighted by atomic mass is 9.87. The standard InChI is InChI=1S/C26H28N2O5/c1-6-13-28-25(30)19(16-27)14-18-7-12-22(23(15-18)31-5)33-24(29)17-32-21-10-8-20(9-11-21)26(2,3)4/h6-12,14-15H,1,13,17H2,2-5H3,(H,28,30). The average molecular weight is 449 g/mol. The van der Waals surface area contributed by atoms with E-state index in [1.165, 1.54) is 25.3 Å². The van der Waals surface area contributed by atoms with Gasteiger partial charge < -0.3 is 19.5 Å². The molecule has 2 aromatic rings. The van der Waals surface area contributed by atoms with E-state index in [0.29, 0.717) is 11.3 Å². The van der Waals surface area contributed by atoms with Gasteiger partial charge in [-0.25, -0.2) is 4.79 Å². The molecule has 0 unspecified atom stereocenters. The summed E-state index contributed by atoms with van der Waals surface area (Å²) in [6.45, 7) is 9.84. The third kappa shape index (κ3) is 7.54. The molecule has 0 spiro atoms. The van der Waals surface area contributed by atoms with E-state index in [9.17, 15) is 14.9 Å². The Balaban J connectivity index is 2.05. The molecule has 0 aliphatic heterocycles. The SMILES string of the molecule is C=CCNC(=O)C(C#N)=Cc1ccc(OC(=O)COc2ccc(C(C)(C)C)cc2)c(OC)c1. The van der Waals surface area contributed by atoms with Gasteiger partial charge in [0.25, 0.3) is 5.91 Å². The van der Waals surface area contributed by atoms with Gasteiger partial charge in [-0.3, -0.25) is 4.79 Å².